The Hall–Kier alpha value is -1.71. The molecule has 0 unspecified atom stereocenters. The third kappa shape index (κ3) is 3.80. The van der Waals surface area contributed by atoms with Gasteiger partial charge in [-0.3, -0.25) is 4.79 Å². The van der Waals surface area contributed by atoms with Crippen LogP contribution in [0.3, 0.4) is 0 Å². The molecule has 1 fully saturated rings. The van der Waals surface area contributed by atoms with Gasteiger partial charge in [0.15, 0.2) is 0 Å². The minimum Gasteiger partial charge on any atom is -0.508 e. The summed E-state index contributed by atoms with van der Waals surface area (Å²) in [4.78, 5) is 10.1. The molecular weight excluding hydrogens is 182 g/mol. The van der Waals surface area contributed by atoms with Crippen LogP contribution in [0.25, 0.3) is 0 Å². The zero-order valence-corrected chi connectivity index (χ0v) is 7.73. The number of nitrogens with one attached hydrogen (secondary N) is 1. The third-order valence-corrected chi connectivity index (χ3v) is 1.75. The normalized spacial score (nSPS) is 14.1. The number of phenols is 2. The van der Waals surface area contributed by atoms with Crippen LogP contribution in [0.4, 0.5) is 0 Å². The van der Waals surface area contributed by atoms with E-state index in [1.807, 2.05) is 0 Å². The Morgan fingerprint density at radius 2 is 1.57 bits per heavy atom. The summed E-state index contributed by atoms with van der Waals surface area (Å²) in [5, 5.41) is 20.0. The fraction of sp³-hybridized carbons (Fsp3) is 0.300. The van der Waals surface area contributed by atoms with Crippen molar-refractivity contribution in [2.45, 2.75) is 12.8 Å². The fourth-order valence-electron chi connectivity index (χ4n) is 1.02. The van der Waals surface area contributed by atoms with Crippen LogP contribution in [-0.4, -0.2) is 22.7 Å². The Balaban J connectivity index is 0.000000146. The molecule has 0 saturated carbocycles. The van der Waals surface area contributed by atoms with Crippen molar-refractivity contribution in [2.24, 2.45) is 0 Å². The molecule has 3 N–H and O–H groups in total. The molecule has 1 aliphatic heterocycles. The van der Waals surface area contributed by atoms with Gasteiger partial charge >= 0.3 is 0 Å². The van der Waals surface area contributed by atoms with Crippen molar-refractivity contribution in [1.29, 1.82) is 0 Å². The van der Waals surface area contributed by atoms with Gasteiger partial charge in [-0.05, 0) is 30.7 Å². The Morgan fingerprint density at radius 1 is 1.07 bits per heavy atom. The van der Waals surface area contributed by atoms with E-state index in [4.69, 9.17) is 10.2 Å². The standard InChI is InChI=1S/C6H6O2.C4H7NO/c7-5-1-2-6(8)4-3-5;6-4-2-1-3-5-4/h1-4,7-8H;1-3H2,(H,5,6). The number of hydrogen-bond donors (Lipinski definition) is 3. The van der Waals surface area contributed by atoms with Crippen molar-refractivity contribution >= 4 is 5.91 Å². The van der Waals surface area contributed by atoms with E-state index in [0.717, 1.165) is 19.4 Å². The third-order valence-electron chi connectivity index (χ3n) is 1.75. The maximum Gasteiger partial charge on any atom is 0.220 e. The molecule has 0 radical (unpaired) electrons. The zero-order chi connectivity index (χ0) is 10.4. The maximum absolute atomic E-state index is 10.1. The Kier molecular flexibility index (Phi) is 3.79. The number of phenolic OH excluding ortho intramolecular Hbond substituents is 2. The van der Waals surface area contributed by atoms with Crippen LogP contribution in [0.15, 0.2) is 24.3 Å². The molecule has 14 heavy (non-hydrogen) atoms. The summed E-state index contributed by atoms with van der Waals surface area (Å²) in [6.07, 6.45) is 1.76. The molecule has 0 atom stereocenters. The molecular formula is C10H13NO3. The highest BCUT2D eigenvalue weighted by Crippen LogP contribution is 2.13. The molecule has 0 aliphatic carbocycles. The molecule has 1 aliphatic rings. The lowest BCUT2D eigenvalue weighted by molar-refractivity contribution is -0.119. The van der Waals surface area contributed by atoms with Gasteiger partial charge in [-0.2, -0.15) is 0 Å². The van der Waals surface area contributed by atoms with E-state index in [9.17, 15) is 4.79 Å². The second kappa shape index (κ2) is 5.11. The lowest BCUT2D eigenvalue weighted by Crippen LogP contribution is -2.12. The quantitative estimate of drug-likeness (QED) is 0.541. The van der Waals surface area contributed by atoms with Gasteiger partial charge < -0.3 is 15.5 Å². The van der Waals surface area contributed by atoms with E-state index >= 15 is 0 Å². The smallest absolute Gasteiger partial charge is 0.220 e. The summed E-state index contributed by atoms with van der Waals surface area (Å²) in [6, 6.07) is 5.70. The number of benzene rings is 1. The molecule has 0 aromatic heterocycles. The molecule has 0 bridgehead atoms. The number of rotatable bonds is 0. The highest BCUT2D eigenvalue weighted by atomic mass is 16.3. The van der Waals surface area contributed by atoms with Crippen LogP contribution < -0.4 is 5.32 Å². The lowest BCUT2D eigenvalue weighted by atomic mass is 10.3. The van der Waals surface area contributed by atoms with E-state index in [0.29, 0.717) is 0 Å². The largest absolute Gasteiger partial charge is 0.508 e. The second-order valence-corrected chi connectivity index (χ2v) is 2.97. The summed E-state index contributed by atoms with van der Waals surface area (Å²) in [6.45, 7) is 0.888. The Bertz CT molecular complexity index is 266. The first-order chi connectivity index (χ1) is 6.68. The number of carbonyl (C=O) groups excluding carboxylic acids is 1. The summed E-state index contributed by atoms with van der Waals surface area (Å²) >= 11 is 0. The maximum atomic E-state index is 10.1. The van der Waals surface area contributed by atoms with E-state index in [1.165, 1.54) is 24.3 Å². The minimum atomic E-state index is 0.169. The van der Waals surface area contributed by atoms with Crippen LogP contribution in [-0.2, 0) is 4.79 Å². The number of amides is 1. The molecule has 1 aromatic carbocycles. The molecule has 4 heteroatoms. The average Bonchev–Trinajstić information content (AvgIpc) is 2.63. The zero-order valence-electron chi connectivity index (χ0n) is 7.73. The van der Waals surface area contributed by atoms with E-state index in [2.05, 4.69) is 5.32 Å². The lowest BCUT2D eigenvalue weighted by Gasteiger charge is -1.88. The monoisotopic (exact) mass is 195 g/mol. The van der Waals surface area contributed by atoms with Gasteiger partial charge in [-0.15, -0.1) is 0 Å². The van der Waals surface area contributed by atoms with Gasteiger partial charge in [0, 0.05) is 13.0 Å². The van der Waals surface area contributed by atoms with Gasteiger partial charge in [0.2, 0.25) is 5.91 Å². The fourth-order valence-corrected chi connectivity index (χ4v) is 1.02. The molecule has 2 rings (SSSR count). The Labute approximate surface area is 82.2 Å². The summed E-state index contributed by atoms with van der Waals surface area (Å²) in [5.74, 6) is 0.542. The van der Waals surface area contributed by atoms with Crippen LogP contribution in [0, 0.1) is 0 Å². The molecule has 1 heterocycles. The summed E-state index contributed by atoms with van der Waals surface area (Å²) < 4.78 is 0. The van der Waals surface area contributed by atoms with Crippen LogP contribution in [0.5, 0.6) is 11.5 Å². The average molecular weight is 195 g/mol. The van der Waals surface area contributed by atoms with Crippen molar-refractivity contribution in [2.75, 3.05) is 6.54 Å². The van der Waals surface area contributed by atoms with E-state index in [-0.39, 0.29) is 17.4 Å². The van der Waals surface area contributed by atoms with E-state index in [1.54, 1.807) is 0 Å². The van der Waals surface area contributed by atoms with Crippen LogP contribution >= 0.6 is 0 Å². The summed E-state index contributed by atoms with van der Waals surface area (Å²) in [5.41, 5.74) is 0. The SMILES string of the molecule is O=C1CCCN1.Oc1ccc(O)cc1. The van der Waals surface area contributed by atoms with Gasteiger partial charge in [-0.25, -0.2) is 0 Å². The van der Waals surface area contributed by atoms with Crippen molar-refractivity contribution in [3.63, 3.8) is 0 Å². The molecule has 4 nitrogen and oxygen atoms in total. The number of carbonyl (C=O) groups is 1. The van der Waals surface area contributed by atoms with Crippen molar-refractivity contribution in [1.82, 2.24) is 5.32 Å². The highest BCUT2D eigenvalue weighted by Gasteiger charge is 2.05. The predicted molar refractivity (Wildman–Crippen MR) is 52.0 cm³/mol. The Morgan fingerprint density at radius 3 is 1.79 bits per heavy atom. The van der Waals surface area contributed by atoms with Crippen LogP contribution in [0.2, 0.25) is 0 Å². The molecule has 1 saturated heterocycles. The molecule has 1 aromatic rings. The highest BCUT2D eigenvalue weighted by molar-refractivity contribution is 5.77. The second-order valence-electron chi connectivity index (χ2n) is 2.97. The van der Waals surface area contributed by atoms with Crippen molar-refractivity contribution < 1.29 is 15.0 Å². The van der Waals surface area contributed by atoms with Crippen molar-refractivity contribution in [3.05, 3.63) is 24.3 Å². The molecule has 0 spiro atoms. The number of hydrogen-bond acceptors (Lipinski definition) is 3. The minimum absolute atomic E-state index is 0.169. The van der Waals surface area contributed by atoms with Crippen molar-refractivity contribution in [3.8, 4) is 11.5 Å². The van der Waals surface area contributed by atoms with Gasteiger partial charge in [0.25, 0.3) is 0 Å². The predicted octanol–water partition coefficient (Wildman–Crippen LogP) is 0.994. The topological polar surface area (TPSA) is 69.6 Å². The molecule has 1 amide bonds. The van der Waals surface area contributed by atoms with Crippen LogP contribution in [0.1, 0.15) is 12.8 Å². The van der Waals surface area contributed by atoms with Gasteiger partial charge in [0.1, 0.15) is 11.5 Å². The first-order valence-corrected chi connectivity index (χ1v) is 4.43. The van der Waals surface area contributed by atoms with Gasteiger partial charge in [0.05, 0.1) is 0 Å². The first kappa shape index (κ1) is 10.4. The van der Waals surface area contributed by atoms with E-state index < -0.39 is 0 Å². The first-order valence-electron chi connectivity index (χ1n) is 4.43. The summed E-state index contributed by atoms with van der Waals surface area (Å²) in [7, 11) is 0. The number of aromatic hydroxyl groups is 2. The van der Waals surface area contributed by atoms with Gasteiger partial charge in [-0.1, -0.05) is 0 Å². The molecule has 76 valence electrons.